The molecule has 0 spiro atoms. The van der Waals surface area contributed by atoms with Crippen molar-refractivity contribution in [1.29, 1.82) is 0 Å². The number of fused-ring (bicyclic) bond motifs is 1. The van der Waals surface area contributed by atoms with E-state index in [1.165, 1.54) is 19.2 Å². The summed E-state index contributed by atoms with van der Waals surface area (Å²) in [6, 6.07) is 10.2. The quantitative estimate of drug-likeness (QED) is 0.464. The summed E-state index contributed by atoms with van der Waals surface area (Å²) in [5.41, 5.74) is 2.05. The second kappa shape index (κ2) is 10.6. The van der Waals surface area contributed by atoms with Crippen LogP contribution in [0.1, 0.15) is 24.2 Å². The number of hydrogen-bond donors (Lipinski definition) is 2. The average molecular weight is 509 g/mol. The van der Waals surface area contributed by atoms with E-state index in [1.807, 2.05) is 12.1 Å². The molecule has 2 saturated heterocycles. The van der Waals surface area contributed by atoms with E-state index in [1.54, 1.807) is 18.2 Å². The van der Waals surface area contributed by atoms with E-state index in [9.17, 15) is 14.0 Å². The van der Waals surface area contributed by atoms with Crippen molar-refractivity contribution in [2.75, 3.05) is 31.6 Å². The molecule has 5 rings (SSSR count). The molecule has 9 nitrogen and oxygen atoms in total. The predicted octanol–water partition coefficient (Wildman–Crippen LogP) is 3.50. The lowest BCUT2D eigenvalue weighted by molar-refractivity contribution is -0.115. The number of nitrogens with zero attached hydrogens (tertiary/aromatic N) is 4. The van der Waals surface area contributed by atoms with Crippen LogP contribution in [0.5, 0.6) is 5.88 Å². The molecule has 11 heteroatoms. The Morgan fingerprint density at radius 3 is 2.72 bits per heavy atom. The van der Waals surface area contributed by atoms with Crippen molar-refractivity contribution in [3.05, 3.63) is 58.5 Å². The third-order valence-corrected chi connectivity index (χ3v) is 7.00. The van der Waals surface area contributed by atoms with Crippen molar-refractivity contribution in [3.63, 3.8) is 0 Å². The van der Waals surface area contributed by atoms with Gasteiger partial charge < -0.3 is 15.0 Å². The first-order chi connectivity index (χ1) is 17.5. The first-order valence-corrected chi connectivity index (χ1v) is 12.5. The third kappa shape index (κ3) is 5.63. The van der Waals surface area contributed by atoms with Crippen LogP contribution in [0.25, 0.3) is 17.0 Å². The minimum absolute atomic E-state index is 0.284. The minimum atomic E-state index is -0.427. The highest BCUT2D eigenvalue weighted by Gasteiger charge is 2.26. The fourth-order valence-corrected chi connectivity index (χ4v) is 4.94. The van der Waals surface area contributed by atoms with Gasteiger partial charge in [0.15, 0.2) is 0 Å². The van der Waals surface area contributed by atoms with Gasteiger partial charge in [-0.1, -0.05) is 6.07 Å². The third-order valence-electron chi connectivity index (χ3n) is 6.19. The van der Waals surface area contributed by atoms with Gasteiger partial charge in [0.25, 0.3) is 11.1 Å². The molecular weight excluding hydrogens is 483 g/mol. The summed E-state index contributed by atoms with van der Waals surface area (Å²) < 4.78 is 18.8. The summed E-state index contributed by atoms with van der Waals surface area (Å²) in [7, 11) is 1.53. The molecule has 0 radical (unpaired) electrons. The van der Waals surface area contributed by atoms with Gasteiger partial charge >= 0.3 is 0 Å². The molecule has 4 heterocycles. The zero-order chi connectivity index (χ0) is 25.1. The number of ether oxygens (including phenoxy) is 1. The highest BCUT2D eigenvalue weighted by atomic mass is 32.2. The molecule has 2 N–H and O–H groups in total. The Morgan fingerprint density at radius 2 is 1.97 bits per heavy atom. The Kier molecular flexibility index (Phi) is 7.10. The van der Waals surface area contributed by atoms with Crippen molar-refractivity contribution in [1.82, 2.24) is 25.6 Å². The number of piperidine rings is 1. The second-order valence-electron chi connectivity index (χ2n) is 8.69. The smallest absolute Gasteiger partial charge is 0.290 e. The standard InChI is InChI=1S/C25H25FN6O3S/c1-35-22-12-19(11-21-23(33)31-25(34)36-21)29-24(30-22)32-8-6-15(7-9-32)13-27-14-18-5-3-16-2-4-17(26)10-20(16)28-18/h2-5,10-12,15,27H,6-9,13-14H2,1H3,(H,31,33,34)/b21-11-. The van der Waals surface area contributed by atoms with E-state index in [4.69, 9.17) is 4.74 Å². The van der Waals surface area contributed by atoms with Crippen LogP contribution in [0.4, 0.5) is 15.1 Å². The van der Waals surface area contributed by atoms with E-state index in [0.717, 1.165) is 55.3 Å². The highest BCUT2D eigenvalue weighted by Crippen LogP contribution is 2.28. The van der Waals surface area contributed by atoms with Crippen molar-refractivity contribution in [2.24, 2.45) is 5.92 Å². The number of carbonyl (C=O) groups excluding carboxylic acids is 2. The highest BCUT2D eigenvalue weighted by molar-refractivity contribution is 8.18. The monoisotopic (exact) mass is 508 g/mol. The first-order valence-electron chi connectivity index (χ1n) is 11.7. The van der Waals surface area contributed by atoms with Crippen LogP contribution in [0.3, 0.4) is 0 Å². The van der Waals surface area contributed by atoms with E-state index in [-0.39, 0.29) is 5.82 Å². The summed E-state index contributed by atoms with van der Waals surface area (Å²) in [5.74, 6) is 0.719. The predicted molar refractivity (Wildman–Crippen MR) is 136 cm³/mol. The number of thioether (sulfide) groups is 1. The van der Waals surface area contributed by atoms with Crippen molar-refractivity contribution in [2.45, 2.75) is 19.4 Å². The number of rotatable bonds is 7. The number of amides is 2. The molecule has 2 aliphatic rings. The molecule has 0 atom stereocenters. The lowest BCUT2D eigenvalue weighted by Crippen LogP contribution is -2.38. The largest absolute Gasteiger partial charge is 0.481 e. The number of aromatic nitrogens is 3. The summed E-state index contributed by atoms with van der Waals surface area (Å²) >= 11 is 0.849. The first kappa shape index (κ1) is 24.1. The van der Waals surface area contributed by atoms with E-state index < -0.39 is 11.1 Å². The normalized spacial score (nSPS) is 17.7. The van der Waals surface area contributed by atoms with Gasteiger partial charge in [-0.15, -0.1) is 0 Å². The maximum atomic E-state index is 13.5. The maximum Gasteiger partial charge on any atom is 0.290 e. The van der Waals surface area contributed by atoms with Crippen LogP contribution in [0.2, 0.25) is 0 Å². The molecule has 186 valence electrons. The molecule has 2 fully saturated rings. The van der Waals surface area contributed by atoms with Gasteiger partial charge in [-0.2, -0.15) is 4.98 Å². The number of nitrogens with one attached hydrogen (secondary N) is 2. The number of benzene rings is 1. The molecule has 0 bridgehead atoms. The van der Waals surface area contributed by atoms with Gasteiger partial charge in [0, 0.05) is 37.2 Å². The van der Waals surface area contributed by atoms with Crippen LogP contribution in [-0.2, 0) is 11.3 Å². The topological polar surface area (TPSA) is 109 Å². The van der Waals surface area contributed by atoms with Gasteiger partial charge in [0.2, 0.25) is 11.8 Å². The van der Waals surface area contributed by atoms with Gasteiger partial charge in [0.05, 0.1) is 28.9 Å². The molecule has 36 heavy (non-hydrogen) atoms. The van der Waals surface area contributed by atoms with Gasteiger partial charge in [-0.3, -0.25) is 19.9 Å². The summed E-state index contributed by atoms with van der Waals surface area (Å²) in [6.45, 7) is 3.05. The molecule has 2 aliphatic heterocycles. The lowest BCUT2D eigenvalue weighted by Gasteiger charge is -2.32. The van der Waals surface area contributed by atoms with Crippen LogP contribution >= 0.6 is 11.8 Å². The number of anilines is 1. The zero-order valence-electron chi connectivity index (χ0n) is 19.7. The Bertz CT molecular complexity index is 1340. The fraction of sp³-hybridized carbons (Fsp3) is 0.320. The van der Waals surface area contributed by atoms with E-state index in [2.05, 4.69) is 30.5 Å². The minimum Gasteiger partial charge on any atom is -0.481 e. The Balaban J connectivity index is 1.17. The second-order valence-corrected chi connectivity index (χ2v) is 9.70. The van der Waals surface area contributed by atoms with Gasteiger partial charge in [-0.05, 0) is 61.3 Å². The Hall–Kier alpha value is -3.57. The Labute approximate surface area is 211 Å². The van der Waals surface area contributed by atoms with Crippen LogP contribution < -0.4 is 20.3 Å². The number of halogens is 1. The summed E-state index contributed by atoms with van der Waals surface area (Å²) in [5, 5.41) is 6.25. The van der Waals surface area contributed by atoms with Crippen LogP contribution in [0, 0.1) is 11.7 Å². The molecular formula is C25H25FN6O3S. The summed E-state index contributed by atoms with van der Waals surface area (Å²) in [6.07, 6.45) is 3.50. The van der Waals surface area contributed by atoms with Crippen molar-refractivity contribution in [3.8, 4) is 5.88 Å². The fourth-order valence-electron chi connectivity index (χ4n) is 4.28. The number of carbonyl (C=O) groups is 2. The van der Waals surface area contributed by atoms with Crippen molar-refractivity contribution >= 4 is 45.8 Å². The van der Waals surface area contributed by atoms with Gasteiger partial charge in [-0.25, -0.2) is 9.37 Å². The molecule has 3 aromatic rings. The van der Waals surface area contributed by atoms with Crippen LogP contribution in [0.15, 0.2) is 41.3 Å². The van der Waals surface area contributed by atoms with E-state index >= 15 is 0 Å². The average Bonchev–Trinajstić information content (AvgIpc) is 3.20. The zero-order valence-corrected chi connectivity index (χ0v) is 20.5. The number of methoxy groups -OCH3 is 1. The number of pyridine rings is 1. The molecule has 1 aromatic carbocycles. The summed E-state index contributed by atoms with van der Waals surface area (Å²) in [4.78, 5) is 39.3. The lowest BCUT2D eigenvalue weighted by atomic mass is 9.97. The SMILES string of the molecule is COc1cc(/C=C2\SC(=O)NC2=O)nc(N2CCC(CNCc3ccc4ccc(F)cc4n3)CC2)n1. The molecule has 0 aliphatic carbocycles. The maximum absolute atomic E-state index is 13.5. The molecule has 0 saturated carbocycles. The molecule has 2 amide bonds. The van der Waals surface area contributed by atoms with E-state index in [0.29, 0.717) is 40.4 Å². The molecule has 2 aromatic heterocycles. The van der Waals surface area contributed by atoms with Crippen molar-refractivity contribution < 1.29 is 18.7 Å². The number of imide groups is 1. The Morgan fingerprint density at radius 1 is 1.17 bits per heavy atom. The van der Waals surface area contributed by atoms with Gasteiger partial charge in [0.1, 0.15) is 5.82 Å². The molecule has 0 unspecified atom stereocenters. The number of hydrogen-bond acceptors (Lipinski definition) is 9. The van der Waals surface area contributed by atoms with Crippen LogP contribution in [-0.4, -0.2) is 52.8 Å².